The third-order valence-corrected chi connectivity index (χ3v) is 4.02. The van der Waals surface area contributed by atoms with E-state index < -0.39 is 0 Å². The van der Waals surface area contributed by atoms with Crippen LogP contribution in [0, 0.1) is 0 Å². The SMILES string of the molecule is COc1ccc(OCCN2CCN(CC(=O)NC(C)C)CC2)cc1. The average Bonchev–Trinajstić information content (AvgIpc) is 2.56. The molecular formula is C18H29N3O3. The first-order chi connectivity index (χ1) is 11.6. The summed E-state index contributed by atoms with van der Waals surface area (Å²) in [5, 5.41) is 2.94. The third-order valence-electron chi connectivity index (χ3n) is 4.02. The maximum Gasteiger partial charge on any atom is 0.234 e. The van der Waals surface area contributed by atoms with Crippen molar-refractivity contribution in [3.8, 4) is 11.5 Å². The molecule has 6 heteroatoms. The molecule has 134 valence electrons. The van der Waals surface area contributed by atoms with Crippen LogP contribution in [0.2, 0.25) is 0 Å². The molecule has 1 saturated heterocycles. The number of amides is 1. The fraction of sp³-hybridized carbons (Fsp3) is 0.611. The Bertz CT molecular complexity index is 497. The molecule has 0 aliphatic carbocycles. The number of benzene rings is 1. The van der Waals surface area contributed by atoms with E-state index in [0.717, 1.165) is 44.2 Å². The lowest BCUT2D eigenvalue weighted by Gasteiger charge is -2.34. The number of rotatable bonds is 8. The van der Waals surface area contributed by atoms with Crippen molar-refractivity contribution in [2.24, 2.45) is 0 Å². The van der Waals surface area contributed by atoms with Crippen molar-refractivity contribution in [2.45, 2.75) is 19.9 Å². The van der Waals surface area contributed by atoms with E-state index in [1.54, 1.807) is 7.11 Å². The van der Waals surface area contributed by atoms with Crippen LogP contribution in [-0.2, 0) is 4.79 Å². The van der Waals surface area contributed by atoms with Crippen LogP contribution in [0.3, 0.4) is 0 Å². The number of hydrogen-bond acceptors (Lipinski definition) is 5. The van der Waals surface area contributed by atoms with Gasteiger partial charge in [-0.15, -0.1) is 0 Å². The summed E-state index contributed by atoms with van der Waals surface area (Å²) in [5.41, 5.74) is 0. The van der Waals surface area contributed by atoms with Crippen molar-refractivity contribution >= 4 is 5.91 Å². The minimum Gasteiger partial charge on any atom is -0.497 e. The Morgan fingerprint density at radius 1 is 1.08 bits per heavy atom. The molecule has 1 aliphatic rings. The number of carbonyl (C=O) groups is 1. The van der Waals surface area contributed by atoms with Crippen LogP contribution >= 0.6 is 0 Å². The zero-order valence-electron chi connectivity index (χ0n) is 15.0. The van der Waals surface area contributed by atoms with Crippen molar-refractivity contribution in [3.63, 3.8) is 0 Å². The summed E-state index contributed by atoms with van der Waals surface area (Å²) in [6, 6.07) is 7.84. The Hall–Kier alpha value is -1.79. The van der Waals surface area contributed by atoms with Gasteiger partial charge in [0.15, 0.2) is 0 Å². The highest BCUT2D eigenvalue weighted by molar-refractivity contribution is 5.78. The van der Waals surface area contributed by atoms with Crippen molar-refractivity contribution in [3.05, 3.63) is 24.3 Å². The fourth-order valence-electron chi connectivity index (χ4n) is 2.71. The van der Waals surface area contributed by atoms with E-state index in [4.69, 9.17) is 9.47 Å². The van der Waals surface area contributed by atoms with Crippen molar-refractivity contribution in [1.29, 1.82) is 0 Å². The van der Waals surface area contributed by atoms with Gasteiger partial charge in [-0.25, -0.2) is 0 Å². The summed E-state index contributed by atoms with van der Waals surface area (Å²) in [5.74, 6) is 1.81. The molecule has 0 atom stereocenters. The molecule has 0 bridgehead atoms. The highest BCUT2D eigenvalue weighted by atomic mass is 16.5. The maximum atomic E-state index is 11.8. The lowest BCUT2D eigenvalue weighted by Crippen LogP contribution is -2.50. The standard InChI is InChI=1S/C18H29N3O3/c1-15(2)19-18(22)14-21-10-8-20(9-11-21)12-13-24-17-6-4-16(23-3)5-7-17/h4-7,15H,8-14H2,1-3H3,(H,19,22). The molecule has 0 saturated carbocycles. The van der Waals surface area contributed by atoms with Gasteiger partial charge in [-0.3, -0.25) is 14.6 Å². The van der Waals surface area contributed by atoms with Gasteiger partial charge >= 0.3 is 0 Å². The highest BCUT2D eigenvalue weighted by Crippen LogP contribution is 2.16. The second-order valence-corrected chi connectivity index (χ2v) is 6.36. The van der Waals surface area contributed by atoms with Gasteiger partial charge < -0.3 is 14.8 Å². The lowest BCUT2D eigenvalue weighted by molar-refractivity contribution is -0.123. The van der Waals surface area contributed by atoms with Crippen LogP contribution in [0.25, 0.3) is 0 Å². The molecule has 1 amide bonds. The Morgan fingerprint density at radius 2 is 1.67 bits per heavy atom. The smallest absolute Gasteiger partial charge is 0.234 e. The van der Waals surface area contributed by atoms with Gasteiger partial charge in [0.05, 0.1) is 13.7 Å². The van der Waals surface area contributed by atoms with Gasteiger partial charge in [0.2, 0.25) is 5.91 Å². The number of methoxy groups -OCH3 is 1. The number of nitrogens with zero attached hydrogens (tertiary/aromatic N) is 2. The number of carbonyl (C=O) groups excluding carboxylic acids is 1. The summed E-state index contributed by atoms with van der Waals surface area (Å²) in [7, 11) is 1.65. The Morgan fingerprint density at radius 3 is 2.25 bits per heavy atom. The van der Waals surface area contributed by atoms with Crippen LogP contribution in [0.15, 0.2) is 24.3 Å². The predicted molar refractivity (Wildman–Crippen MR) is 94.6 cm³/mol. The Labute approximate surface area is 144 Å². The molecule has 1 aromatic carbocycles. The van der Waals surface area contributed by atoms with E-state index in [9.17, 15) is 4.79 Å². The molecule has 1 fully saturated rings. The first-order valence-electron chi connectivity index (χ1n) is 8.57. The van der Waals surface area contributed by atoms with Gasteiger partial charge in [-0.1, -0.05) is 0 Å². The van der Waals surface area contributed by atoms with E-state index in [0.29, 0.717) is 13.2 Å². The second-order valence-electron chi connectivity index (χ2n) is 6.36. The minimum atomic E-state index is 0.112. The maximum absolute atomic E-state index is 11.8. The number of hydrogen-bond donors (Lipinski definition) is 1. The molecule has 0 aromatic heterocycles. The van der Waals surface area contributed by atoms with Crippen molar-refractivity contribution < 1.29 is 14.3 Å². The minimum absolute atomic E-state index is 0.112. The fourth-order valence-corrected chi connectivity index (χ4v) is 2.71. The number of piperazine rings is 1. The van der Waals surface area contributed by atoms with E-state index in [1.807, 2.05) is 38.1 Å². The lowest BCUT2D eigenvalue weighted by atomic mass is 10.3. The topological polar surface area (TPSA) is 54.0 Å². The summed E-state index contributed by atoms with van der Waals surface area (Å²) < 4.78 is 10.9. The van der Waals surface area contributed by atoms with Crippen LogP contribution in [-0.4, -0.2) is 74.7 Å². The monoisotopic (exact) mass is 335 g/mol. The molecular weight excluding hydrogens is 306 g/mol. The normalized spacial score (nSPS) is 16.2. The summed E-state index contributed by atoms with van der Waals surface area (Å²) in [4.78, 5) is 16.4. The second kappa shape index (κ2) is 9.49. The number of ether oxygens (including phenoxy) is 2. The summed E-state index contributed by atoms with van der Waals surface area (Å²) >= 11 is 0. The zero-order valence-corrected chi connectivity index (χ0v) is 15.0. The van der Waals surface area contributed by atoms with E-state index in [-0.39, 0.29) is 11.9 Å². The quantitative estimate of drug-likeness (QED) is 0.774. The van der Waals surface area contributed by atoms with Crippen molar-refractivity contribution in [2.75, 3.05) is 53.0 Å². The van der Waals surface area contributed by atoms with Crippen LogP contribution in [0.5, 0.6) is 11.5 Å². The van der Waals surface area contributed by atoms with Gasteiger partial charge in [-0.2, -0.15) is 0 Å². The first kappa shape index (κ1) is 18.5. The van der Waals surface area contributed by atoms with Gasteiger partial charge in [-0.05, 0) is 38.1 Å². The first-order valence-corrected chi connectivity index (χ1v) is 8.57. The highest BCUT2D eigenvalue weighted by Gasteiger charge is 2.18. The van der Waals surface area contributed by atoms with E-state index in [2.05, 4.69) is 15.1 Å². The summed E-state index contributed by atoms with van der Waals surface area (Å²) in [6.45, 7) is 9.83. The Balaban J connectivity index is 1.61. The van der Waals surface area contributed by atoms with Gasteiger partial charge in [0.25, 0.3) is 0 Å². The predicted octanol–water partition coefficient (Wildman–Crippen LogP) is 1.22. The third kappa shape index (κ3) is 6.37. The molecule has 6 nitrogen and oxygen atoms in total. The molecule has 1 aliphatic heterocycles. The molecule has 1 aromatic rings. The van der Waals surface area contributed by atoms with Gasteiger partial charge in [0.1, 0.15) is 18.1 Å². The van der Waals surface area contributed by atoms with E-state index >= 15 is 0 Å². The summed E-state index contributed by atoms with van der Waals surface area (Å²) in [6.07, 6.45) is 0. The molecule has 1 heterocycles. The molecule has 24 heavy (non-hydrogen) atoms. The molecule has 1 N–H and O–H groups in total. The van der Waals surface area contributed by atoms with Crippen LogP contribution in [0.1, 0.15) is 13.8 Å². The van der Waals surface area contributed by atoms with Crippen molar-refractivity contribution in [1.82, 2.24) is 15.1 Å². The van der Waals surface area contributed by atoms with E-state index in [1.165, 1.54) is 0 Å². The van der Waals surface area contributed by atoms with Crippen LogP contribution in [0.4, 0.5) is 0 Å². The average molecular weight is 335 g/mol. The molecule has 0 unspecified atom stereocenters. The zero-order chi connectivity index (χ0) is 17.4. The Kier molecular flexibility index (Phi) is 7.34. The largest absolute Gasteiger partial charge is 0.497 e. The van der Waals surface area contributed by atoms with Gasteiger partial charge in [0, 0.05) is 38.8 Å². The number of nitrogens with one attached hydrogen (secondary N) is 1. The van der Waals surface area contributed by atoms with Crippen LogP contribution < -0.4 is 14.8 Å². The molecule has 0 spiro atoms. The molecule has 0 radical (unpaired) electrons. The molecule has 2 rings (SSSR count).